The van der Waals surface area contributed by atoms with Gasteiger partial charge < -0.3 is 15.3 Å². The second kappa shape index (κ2) is 8.54. The lowest BCUT2D eigenvalue weighted by atomic mass is 9.72. The van der Waals surface area contributed by atoms with E-state index in [1.807, 2.05) is 30.0 Å². The third-order valence-electron chi connectivity index (χ3n) is 7.30. The van der Waals surface area contributed by atoms with Crippen LogP contribution in [0, 0.1) is 5.92 Å². The summed E-state index contributed by atoms with van der Waals surface area (Å²) in [6.45, 7) is 0.620. The van der Waals surface area contributed by atoms with Crippen LogP contribution in [-0.2, 0) is 16.0 Å². The number of rotatable bonds is 5. The van der Waals surface area contributed by atoms with E-state index in [4.69, 9.17) is 0 Å². The Labute approximate surface area is 185 Å². The zero-order valence-corrected chi connectivity index (χ0v) is 18.1. The van der Waals surface area contributed by atoms with E-state index < -0.39 is 23.8 Å². The second-order valence-electron chi connectivity index (χ2n) is 9.05. The van der Waals surface area contributed by atoms with Crippen LogP contribution in [0.2, 0.25) is 0 Å². The number of fused-ring (bicyclic) bond motifs is 2. The summed E-state index contributed by atoms with van der Waals surface area (Å²) in [5.74, 6) is -2.18. The van der Waals surface area contributed by atoms with E-state index in [0.717, 1.165) is 31.4 Å². The molecule has 0 radical (unpaired) electrons. The van der Waals surface area contributed by atoms with E-state index in [0.29, 0.717) is 18.2 Å². The molecule has 0 bridgehead atoms. The summed E-state index contributed by atoms with van der Waals surface area (Å²) in [6.07, 6.45) is 7.29. The van der Waals surface area contributed by atoms with E-state index in [9.17, 15) is 14.7 Å². The number of nitrogens with one attached hydrogen (secondary N) is 1. The number of alkyl halides is 1. The lowest BCUT2D eigenvalue weighted by Crippen LogP contribution is -2.69. The predicted molar refractivity (Wildman–Crippen MR) is 117 cm³/mol. The van der Waals surface area contributed by atoms with E-state index in [-0.39, 0.29) is 35.4 Å². The number of carboxylic acid groups (broad SMARTS) is 1. The Bertz CT molecular complexity index is 882. The highest BCUT2D eigenvalue weighted by Gasteiger charge is 2.57. The number of carbonyl (C=O) groups is 2. The molecule has 0 aromatic carbocycles. The standard InChI is InChI=1S/C23H28FN3O3S/c24-16-11-14-20-22(19(16)26-10-8-13-5-3-4-9-25-13)31-18-7-2-1-6-17(18)27(20)12-15(21(14)28)23(29)30/h3-5,9,12,14,16-20,22,26H,1-2,6-8,10-11H2,(H,29,30). The number of hydrogen-bond acceptors (Lipinski definition) is 6. The smallest absolute Gasteiger partial charge is 0.340 e. The molecule has 0 spiro atoms. The highest BCUT2D eigenvalue weighted by Crippen LogP contribution is 2.51. The molecular formula is C23H28FN3O3S. The Morgan fingerprint density at radius 2 is 2.16 bits per heavy atom. The topological polar surface area (TPSA) is 82.5 Å². The van der Waals surface area contributed by atoms with Gasteiger partial charge in [-0.25, -0.2) is 9.18 Å². The Hall–Kier alpha value is -1.93. The van der Waals surface area contributed by atoms with Gasteiger partial charge in [0.15, 0.2) is 5.78 Å². The van der Waals surface area contributed by atoms with Crippen LogP contribution in [0.1, 0.15) is 37.8 Å². The third kappa shape index (κ3) is 3.78. The minimum absolute atomic E-state index is 0.0765. The lowest BCUT2D eigenvalue weighted by molar-refractivity contribution is -0.138. The number of carboxylic acids is 1. The van der Waals surface area contributed by atoms with Gasteiger partial charge in [0.2, 0.25) is 0 Å². The van der Waals surface area contributed by atoms with Crippen molar-refractivity contribution < 1.29 is 19.1 Å². The summed E-state index contributed by atoms with van der Waals surface area (Å²) in [5, 5.41) is 13.3. The first-order valence-corrected chi connectivity index (χ1v) is 12.2. The molecule has 7 atom stereocenters. The number of hydrogen-bond donors (Lipinski definition) is 2. The summed E-state index contributed by atoms with van der Waals surface area (Å²) in [5.41, 5.74) is 0.788. The molecule has 2 aliphatic carbocycles. The van der Waals surface area contributed by atoms with Crippen molar-refractivity contribution in [1.82, 2.24) is 15.2 Å². The van der Waals surface area contributed by atoms with Crippen molar-refractivity contribution in [3.63, 3.8) is 0 Å². The molecule has 2 N–H and O–H groups in total. The summed E-state index contributed by atoms with van der Waals surface area (Å²) < 4.78 is 15.4. The van der Waals surface area contributed by atoms with Gasteiger partial charge in [0.1, 0.15) is 11.7 Å². The van der Waals surface area contributed by atoms with Crippen molar-refractivity contribution in [2.45, 2.75) is 73.3 Å². The molecule has 31 heavy (non-hydrogen) atoms. The van der Waals surface area contributed by atoms with Gasteiger partial charge >= 0.3 is 5.97 Å². The molecule has 1 aromatic heterocycles. The Balaban J connectivity index is 1.41. The van der Waals surface area contributed by atoms with Crippen molar-refractivity contribution in [3.8, 4) is 0 Å². The summed E-state index contributed by atoms with van der Waals surface area (Å²) in [6, 6.07) is 5.53. The Morgan fingerprint density at radius 3 is 2.94 bits per heavy atom. The molecule has 1 aromatic rings. The summed E-state index contributed by atoms with van der Waals surface area (Å²) >= 11 is 1.84. The molecule has 0 amide bonds. The van der Waals surface area contributed by atoms with Crippen molar-refractivity contribution in [2.24, 2.45) is 5.92 Å². The minimum Gasteiger partial charge on any atom is -0.478 e. The molecule has 2 aliphatic heterocycles. The summed E-state index contributed by atoms with van der Waals surface area (Å²) in [7, 11) is 0. The van der Waals surface area contributed by atoms with E-state index >= 15 is 4.39 Å². The normalized spacial score (nSPS) is 36.9. The van der Waals surface area contributed by atoms with Crippen molar-refractivity contribution >= 4 is 23.5 Å². The predicted octanol–water partition coefficient (Wildman–Crippen LogP) is 2.59. The fourth-order valence-corrected chi connectivity index (χ4v) is 7.98. The van der Waals surface area contributed by atoms with Gasteiger partial charge in [-0.15, -0.1) is 11.8 Å². The number of thioether (sulfide) groups is 1. The Morgan fingerprint density at radius 1 is 1.32 bits per heavy atom. The molecule has 7 unspecified atom stereocenters. The van der Waals surface area contributed by atoms with Gasteiger partial charge in [0.25, 0.3) is 0 Å². The number of pyridine rings is 1. The van der Waals surface area contributed by atoms with Gasteiger partial charge in [0.05, 0.1) is 12.1 Å². The highest BCUT2D eigenvalue weighted by atomic mass is 32.2. The van der Waals surface area contributed by atoms with Crippen LogP contribution in [0.3, 0.4) is 0 Å². The second-order valence-corrected chi connectivity index (χ2v) is 10.5. The molecule has 4 aliphatic rings. The van der Waals surface area contributed by atoms with E-state index in [2.05, 4.69) is 15.2 Å². The fourth-order valence-electron chi connectivity index (χ4n) is 5.89. The van der Waals surface area contributed by atoms with Crippen molar-refractivity contribution in [1.29, 1.82) is 0 Å². The Kier molecular flexibility index (Phi) is 5.77. The van der Waals surface area contributed by atoms with Crippen LogP contribution in [0.5, 0.6) is 0 Å². The maximum Gasteiger partial charge on any atom is 0.340 e. The molecule has 3 fully saturated rings. The number of aromatic nitrogens is 1. The lowest BCUT2D eigenvalue weighted by Gasteiger charge is -2.59. The number of Topliss-reactive ketones (excluding diaryl/α,β-unsaturated/α-hetero) is 1. The molecule has 8 heteroatoms. The maximum atomic E-state index is 15.4. The molecule has 5 rings (SSSR count). The van der Waals surface area contributed by atoms with Gasteiger partial charge in [-0.1, -0.05) is 18.9 Å². The molecule has 166 valence electrons. The minimum atomic E-state index is -1.20. The average Bonchev–Trinajstić information content (AvgIpc) is 2.77. The van der Waals surface area contributed by atoms with Crippen LogP contribution >= 0.6 is 11.8 Å². The third-order valence-corrected chi connectivity index (χ3v) is 9.08. The van der Waals surface area contributed by atoms with Crippen LogP contribution in [0.25, 0.3) is 0 Å². The van der Waals surface area contributed by atoms with E-state index in [1.54, 1.807) is 12.4 Å². The van der Waals surface area contributed by atoms with Gasteiger partial charge in [0, 0.05) is 53.5 Å². The zero-order chi connectivity index (χ0) is 21.5. The van der Waals surface area contributed by atoms with Crippen molar-refractivity contribution in [3.05, 3.63) is 41.9 Å². The summed E-state index contributed by atoms with van der Waals surface area (Å²) in [4.78, 5) is 31.2. The zero-order valence-electron chi connectivity index (χ0n) is 17.3. The highest BCUT2D eigenvalue weighted by molar-refractivity contribution is 8.00. The monoisotopic (exact) mass is 445 g/mol. The first-order valence-electron chi connectivity index (χ1n) is 11.2. The van der Waals surface area contributed by atoms with Crippen LogP contribution < -0.4 is 5.32 Å². The number of ketones is 1. The van der Waals surface area contributed by atoms with Gasteiger partial charge in [-0.3, -0.25) is 9.78 Å². The van der Waals surface area contributed by atoms with Crippen LogP contribution in [-0.4, -0.2) is 68.1 Å². The number of aliphatic carboxylic acids is 1. The maximum absolute atomic E-state index is 15.4. The first kappa shape index (κ1) is 20.9. The van der Waals surface area contributed by atoms with Gasteiger partial charge in [-0.05, 0) is 31.4 Å². The molecule has 6 nitrogen and oxygen atoms in total. The molecule has 3 heterocycles. The fraction of sp³-hybridized carbons (Fsp3) is 0.609. The molecule has 1 saturated heterocycles. The molecular weight excluding hydrogens is 417 g/mol. The van der Waals surface area contributed by atoms with Crippen LogP contribution in [0.4, 0.5) is 4.39 Å². The van der Waals surface area contributed by atoms with Crippen LogP contribution in [0.15, 0.2) is 36.2 Å². The number of nitrogens with zero attached hydrogens (tertiary/aromatic N) is 2. The quantitative estimate of drug-likeness (QED) is 0.674. The van der Waals surface area contributed by atoms with Crippen molar-refractivity contribution in [2.75, 3.05) is 6.54 Å². The molecule has 2 saturated carbocycles. The largest absolute Gasteiger partial charge is 0.478 e. The number of halogens is 1. The first-order chi connectivity index (χ1) is 15.0. The van der Waals surface area contributed by atoms with Gasteiger partial charge in [-0.2, -0.15) is 0 Å². The average molecular weight is 446 g/mol. The number of carbonyl (C=O) groups excluding carboxylic acids is 1. The SMILES string of the molecule is O=C(O)C1=CN2C3CCCCC3SC3C(NCCc4ccccn4)C(F)CC(C1=O)C32. The van der Waals surface area contributed by atoms with E-state index in [1.165, 1.54) is 0 Å².